The number of rotatable bonds is 4. The zero-order valence-corrected chi connectivity index (χ0v) is 16.5. The first-order valence-corrected chi connectivity index (χ1v) is 9.50. The Labute approximate surface area is 176 Å². The van der Waals surface area contributed by atoms with Gasteiger partial charge in [0.15, 0.2) is 5.82 Å². The molecule has 1 aromatic heterocycles. The van der Waals surface area contributed by atoms with E-state index in [9.17, 15) is 9.59 Å². The molecule has 2 heterocycles. The Morgan fingerprint density at radius 1 is 1.10 bits per heavy atom. The Hall–Kier alpha value is -3.09. The minimum atomic E-state index is -0.988. The number of halogens is 2. The maximum absolute atomic E-state index is 12.6. The standard InChI is InChI=1S/C21H15Cl2N3O3/c22-16-2-1-3-17(23)15(16)11-26-18-8-14(9-24-20(18)25-10-19(26)27)12-4-6-13(7-5-12)21(28)29/h1-9H,10-11H2,(H,24,25)(H,28,29). The van der Waals surface area contributed by atoms with Gasteiger partial charge in [0.2, 0.25) is 5.91 Å². The second kappa shape index (κ2) is 7.73. The number of nitrogens with one attached hydrogen (secondary N) is 1. The molecule has 0 atom stereocenters. The lowest BCUT2D eigenvalue weighted by Gasteiger charge is -2.30. The molecule has 0 aliphatic carbocycles. The molecule has 0 saturated carbocycles. The molecule has 1 aliphatic heterocycles. The van der Waals surface area contributed by atoms with E-state index < -0.39 is 5.97 Å². The molecule has 0 unspecified atom stereocenters. The van der Waals surface area contributed by atoms with Crippen molar-refractivity contribution in [3.63, 3.8) is 0 Å². The van der Waals surface area contributed by atoms with Gasteiger partial charge >= 0.3 is 5.97 Å². The van der Waals surface area contributed by atoms with Crippen LogP contribution in [0.3, 0.4) is 0 Å². The van der Waals surface area contributed by atoms with Gasteiger partial charge < -0.3 is 15.3 Å². The molecule has 0 bridgehead atoms. The predicted molar refractivity (Wildman–Crippen MR) is 113 cm³/mol. The van der Waals surface area contributed by atoms with Crippen LogP contribution in [0.2, 0.25) is 10.0 Å². The van der Waals surface area contributed by atoms with Crippen LogP contribution in [0.1, 0.15) is 15.9 Å². The Kier molecular flexibility index (Phi) is 5.13. The van der Waals surface area contributed by atoms with Gasteiger partial charge in [-0.05, 0) is 35.9 Å². The number of carbonyl (C=O) groups is 2. The topological polar surface area (TPSA) is 82.5 Å². The van der Waals surface area contributed by atoms with Gasteiger partial charge in [0, 0.05) is 27.4 Å². The summed E-state index contributed by atoms with van der Waals surface area (Å²) in [6.45, 7) is 0.337. The fraction of sp³-hybridized carbons (Fsp3) is 0.0952. The molecule has 3 aromatic rings. The molecule has 146 valence electrons. The highest BCUT2D eigenvalue weighted by Crippen LogP contribution is 2.35. The molecular formula is C21H15Cl2N3O3. The van der Waals surface area contributed by atoms with Gasteiger partial charge in [-0.2, -0.15) is 0 Å². The van der Waals surface area contributed by atoms with Gasteiger partial charge in [-0.1, -0.05) is 41.4 Å². The van der Waals surface area contributed by atoms with E-state index >= 15 is 0 Å². The molecule has 0 saturated heterocycles. The number of fused-ring (bicyclic) bond motifs is 1. The lowest BCUT2D eigenvalue weighted by molar-refractivity contribution is -0.117. The number of aromatic nitrogens is 1. The lowest BCUT2D eigenvalue weighted by Crippen LogP contribution is -2.39. The van der Waals surface area contributed by atoms with Gasteiger partial charge in [-0.15, -0.1) is 0 Å². The number of benzene rings is 2. The predicted octanol–water partition coefficient (Wildman–Crippen LogP) is 4.71. The first-order valence-electron chi connectivity index (χ1n) is 8.75. The maximum atomic E-state index is 12.6. The number of pyridine rings is 1. The van der Waals surface area contributed by atoms with E-state index in [2.05, 4.69) is 10.3 Å². The van der Waals surface area contributed by atoms with Crippen molar-refractivity contribution in [3.8, 4) is 11.1 Å². The van der Waals surface area contributed by atoms with Crippen LogP contribution in [0.15, 0.2) is 54.7 Å². The van der Waals surface area contributed by atoms with Crippen LogP contribution in [-0.2, 0) is 11.3 Å². The summed E-state index contributed by atoms with van der Waals surface area (Å²) in [6.07, 6.45) is 1.68. The van der Waals surface area contributed by atoms with E-state index in [4.69, 9.17) is 28.3 Å². The molecule has 29 heavy (non-hydrogen) atoms. The molecule has 1 aliphatic rings. The largest absolute Gasteiger partial charge is 0.478 e. The molecule has 8 heteroatoms. The molecule has 4 rings (SSSR count). The van der Waals surface area contributed by atoms with E-state index in [1.54, 1.807) is 41.4 Å². The Balaban J connectivity index is 1.73. The second-order valence-corrected chi connectivity index (χ2v) is 7.32. The highest BCUT2D eigenvalue weighted by Gasteiger charge is 2.27. The van der Waals surface area contributed by atoms with Gasteiger partial charge in [-0.25, -0.2) is 9.78 Å². The van der Waals surface area contributed by atoms with Crippen molar-refractivity contribution in [2.75, 3.05) is 16.8 Å². The normalized spacial score (nSPS) is 13.0. The van der Waals surface area contributed by atoms with Crippen LogP contribution in [0.5, 0.6) is 0 Å². The Morgan fingerprint density at radius 2 is 1.79 bits per heavy atom. The summed E-state index contributed by atoms with van der Waals surface area (Å²) in [5.74, 6) is -0.537. The van der Waals surface area contributed by atoms with Crippen LogP contribution in [0, 0.1) is 0 Å². The number of carbonyl (C=O) groups excluding carboxylic acids is 1. The Morgan fingerprint density at radius 3 is 2.45 bits per heavy atom. The van der Waals surface area contributed by atoms with Crippen LogP contribution in [-0.4, -0.2) is 28.5 Å². The summed E-state index contributed by atoms with van der Waals surface area (Å²) < 4.78 is 0. The van der Waals surface area contributed by atoms with Gasteiger partial charge in [0.1, 0.15) is 0 Å². The number of hydrogen-bond donors (Lipinski definition) is 2. The zero-order valence-electron chi connectivity index (χ0n) is 15.0. The summed E-state index contributed by atoms with van der Waals surface area (Å²) in [6, 6.07) is 13.5. The number of carboxylic acids is 1. The third kappa shape index (κ3) is 3.77. The molecule has 2 N–H and O–H groups in total. The highest BCUT2D eigenvalue weighted by atomic mass is 35.5. The van der Waals surface area contributed by atoms with Crippen molar-refractivity contribution in [2.45, 2.75) is 6.54 Å². The third-order valence-corrected chi connectivity index (χ3v) is 5.42. The average Bonchev–Trinajstić information content (AvgIpc) is 2.72. The van der Waals surface area contributed by atoms with Gasteiger partial charge in [-0.3, -0.25) is 4.79 Å². The van der Waals surface area contributed by atoms with Crippen molar-refractivity contribution in [1.29, 1.82) is 0 Å². The van der Waals surface area contributed by atoms with Crippen LogP contribution >= 0.6 is 23.2 Å². The minimum absolute atomic E-state index is 0.120. The molecule has 6 nitrogen and oxygen atoms in total. The summed E-state index contributed by atoms with van der Waals surface area (Å²) in [5, 5.41) is 13.1. The van der Waals surface area contributed by atoms with E-state index in [-0.39, 0.29) is 24.6 Å². The summed E-state index contributed by atoms with van der Waals surface area (Å²) in [4.78, 5) is 29.7. The molecule has 0 fully saturated rings. The smallest absolute Gasteiger partial charge is 0.335 e. The number of hydrogen-bond acceptors (Lipinski definition) is 4. The third-order valence-electron chi connectivity index (χ3n) is 4.71. The van der Waals surface area contributed by atoms with Crippen molar-refractivity contribution < 1.29 is 14.7 Å². The fourth-order valence-corrected chi connectivity index (χ4v) is 3.68. The SMILES string of the molecule is O=C(O)c1ccc(-c2cnc3c(c2)N(Cc2c(Cl)cccc2Cl)C(=O)CN3)cc1. The minimum Gasteiger partial charge on any atom is -0.478 e. The quantitative estimate of drug-likeness (QED) is 0.629. The second-order valence-electron chi connectivity index (χ2n) is 6.51. The van der Waals surface area contributed by atoms with Crippen molar-refractivity contribution in [1.82, 2.24) is 4.98 Å². The number of carboxylic acid groups (broad SMARTS) is 1. The number of aromatic carboxylic acids is 1. The lowest BCUT2D eigenvalue weighted by atomic mass is 10.0. The zero-order chi connectivity index (χ0) is 20.5. The van der Waals surface area contributed by atoms with E-state index in [1.807, 2.05) is 6.07 Å². The van der Waals surface area contributed by atoms with Crippen molar-refractivity contribution in [3.05, 3.63) is 75.9 Å². The van der Waals surface area contributed by atoms with Crippen LogP contribution in [0.25, 0.3) is 11.1 Å². The summed E-state index contributed by atoms with van der Waals surface area (Å²) >= 11 is 12.6. The Bertz CT molecular complexity index is 1100. The molecular weight excluding hydrogens is 413 g/mol. The fourth-order valence-electron chi connectivity index (χ4n) is 3.16. The van der Waals surface area contributed by atoms with Crippen LogP contribution in [0.4, 0.5) is 11.5 Å². The van der Waals surface area contributed by atoms with Crippen LogP contribution < -0.4 is 10.2 Å². The molecule has 1 amide bonds. The number of nitrogens with zero attached hydrogens (tertiary/aromatic N) is 2. The number of anilines is 2. The first-order chi connectivity index (χ1) is 13.9. The van der Waals surface area contributed by atoms with E-state index in [0.29, 0.717) is 27.1 Å². The van der Waals surface area contributed by atoms with Crippen molar-refractivity contribution in [2.24, 2.45) is 0 Å². The van der Waals surface area contributed by atoms with Gasteiger partial charge in [0.05, 0.1) is 24.3 Å². The number of amides is 1. The van der Waals surface area contributed by atoms with E-state index in [0.717, 1.165) is 11.1 Å². The molecule has 0 spiro atoms. The first kappa shape index (κ1) is 19.2. The van der Waals surface area contributed by atoms with Gasteiger partial charge in [0.25, 0.3) is 0 Å². The average molecular weight is 428 g/mol. The molecule has 0 radical (unpaired) electrons. The summed E-state index contributed by atoms with van der Waals surface area (Å²) in [7, 11) is 0. The van der Waals surface area contributed by atoms with E-state index in [1.165, 1.54) is 12.1 Å². The van der Waals surface area contributed by atoms with Crippen molar-refractivity contribution >= 4 is 46.6 Å². The monoisotopic (exact) mass is 427 g/mol. The highest BCUT2D eigenvalue weighted by molar-refractivity contribution is 6.36. The maximum Gasteiger partial charge on any atom is 0.335 e. The summed E-state index contributed by atoms with van der Waals surface area (Å²) in [5.41, 5.74) is 3.02. The molecule has 2 aromatic carbocycles.